The second kappa shape index (κ2) is 11.2. The van der Waals surface area contributed by atoms with Crippen LogP contribution in [-0.4, -0.2) is 63.6 Å². The molecule has 0 saturated heterocycles. The first-order chi connectivity index (χ1) is 17.9. The highest BCUT2D eigenvalue weighted by Gasteiger charge is 2.20. The van der Waals surface area contributed by atoms with Crippen molar-refractivity contribution < 1.29 is 43.3 Å². The van der Waals surface area contributed by atoms with Gasteiger partial charge in [0.05, 0.1) is 45.7 Å². The quantitative estimate of drug-likeness (QED) is 0.195. The molecule has 0 saturated carbocycles. The third-order valence-corrected chi connectivity index (χ3v) is 8.36. The van der Waals surface area contributed by atoms with Gasteiger partial charge in [-0.05, 0) is 49.7 Å². The lowest BCUT2D eigenvalue weighted by Gasteiger charge is -2.13. The minimum atomic E-state index is -5.08. The summed E-state index contributed by atoms with van der Waals surface area (Å²) in [5.74, 6) is -0.746. The van der Waals surface area contributed by atoms with E-state index in [1.807, 2.05) is 0 Å². The number of azo groups is 1. The molecule has 3 rings (SSSR count). The van der Waals surface area contributed by atoms with Crippen molar-refractivity contribution in [1.29, 1.82) is 0 Å². The molecular formula is C20H19ClN4O11S3-2. The van der Waals surface area contributed by atoms with Gasteiger partial charge >= 0.3 is 0 Å². The lowest BCUT2D eigenvalue weighted by molar-refractivity contribution is 0.276. The zero-order chi connectivity index (χ0) is 29.3. The Hall–Kier alpha value is -3.13. The molecule has 0 spiro atoms. The Balaban J connectivity index is 2.01. The summed E-state index contributed by atoms with van der Waals surface area (Å²) in [5.41, 5.74) is -0.614. The van der Waals surface area contributed by atoms with Crippen LogP contribution in [-0.2, 0) is 34.5 Å². The van der Waals surface area contributed by atoms with Crippen LogP contribution in [0, 0.1) is 13.8 Å². The van der Waals surface area contributed by atoms with Crippen molar-refractivity contribution in [1.82, 2.24) is 9.78 Å². The number of rotatable bonds is 10. The maximum Gasteiger partial charge on any atom is 0.299 e. The number of halogens is 1. The van der Waals surface area contributed by atoms with Gasteiger partial charge in [-0.3, -0.25) is 14.1 Å². The minimum absolute atomic E-state index is 0.0617. The summed E-state index contributed by atoms with van der Waals surface area (Å²) < 4.78 is 101. The average molecular weight is 623 g/mol. The molecule has 0 radical (unpaired) electrons. The van der Waals surface area contributed by atoms with Gasteiger partial charge in [-0.1, -0.05) is 11.6 Å². The molecule has 1 heterocycles. The number of nitrogens with zero attached hydrogens (tertiary/aromatic N) is 3. The van der Waals surface area contributed by atoms with Gasteiger partial charge in [-0.2, -0.15) is 0 Å². The second-order valence-corrected chi connectivity index (χ2v) is 12.8. The van der Waals surface area contributed by atoms with Crippen LogP contribution in [0.3, 0.4) is 0 Å². The molecular weight excluding hydrogens is 604 g/mol. The third kappa shape index (κ3) is 7.10. The Morgan fingerprint density at radius 1 is 1.00 bits per heavy atom. The monoisotopic (exact) mass is 622 g/mol. The van der Waals surface area contributed by atoms with Gasteiger partial charge < -0.3 is 13.8 Å². The van der Waals surface area contributed by atoms with Crippen LogP contribution in [0.1, 0.15) is 11.3 Å². The van der Waals surface area contributed by atoms with Gasteiger partial charge in [0.15, 0.2) is 15.5 Å². The summed E-state index contributed by atoms with van der Waals surface area (Å²) in [7, 11) is -12.7. The zero-order valence-corrected chi connectivity index (χ0v) is 23.4. The van der Waals surface area contributed by atoms with E-state index >= 15 is 0 Å². The fourth-order valence-corrected chi connectivity index (χ4v) is 5.85. The van der Waals surface area contributed by atoms with Crippen LogP contribution in [0.5, 0.6) is 5.75 Å². The number of aromatic amines is 1. The summed E-state index contributed by atoms with van der Waals surface area (Å²) in [6, 6.07) is 5.44. The highest BCUT2D eigenvalue weighted by atomic mass is 35.5. The molecule has 15 nitrogen and oxygen atoms in total. The Bertz CT molecular complexity index is 1820. The van der Waals surface area contributed by atoms with Crippen LogP contribution in [0.2, 0.25) is 5.02 Å². The maximum atomic E-state index is 13.1. The Labute approximate surface area is 227 Å². The van der Waals surface area contributed by atoms with E-state index in [2.05, 4.69) is 19.5 Å². The Morgan fingerprint density at radius 3 is 2.23 bits per heavy atom. The zero-order valence-electron chi connectivity index (χ0n) is 20.2. The van der Waals surface area contributed by atoms with Gasteiger partial charge in [0.25, 0.3) is 5.56 Å². The lowest BCUT2D eigenvalue weighted by atomic mass is 10.2. The fourth-order valence-electron chi connectivity index (χ4n) is 3.35. The van der Waals surface area contributed by atoms with E-state index in [4.69, 9.17) is 16.3 Å². The Morgan fingerprint density at radius 2 is 1.67 bits per heavy atom. The van der Waals surface area contributed by atoms with Crippen molar-refractivity contribution in [3.05, 3.63) is 57.0 Å². The lowest BCUT2D eigenvalue weighted by Crippen LogP contribution is -2.16. The van der Waals surface area contributed by atoms with Crippen molar-refractivity contribution in [3.63, 3.8) is 0 Å². The molecule has 0 aliphatic heterocycles. The van der Waals surface area contributed by atoms with Crippen molar-refractivity contribution >= 4 is 53.3 Å². The minimum Gasteiger partial charge on any atom is -0.744 e. The van der Waals surface area contributed by atoms with Crippen LogP contribution >= 0.6 is 11.6 Å². The van der Waals surface area contributed by atoms with Gasteiger partial charge in [0.1, 0.15) is 21.6 Å². The summed E-state index contributed by atoms with van der Waals surface area (Å²) in [6.45, 7) is 2.02. The van der Waals surface area contributed by atoms with E-state index in [0.717, 1.165) is 28.9 Å². The standard InChI is InChI=1S/C20H21ClN4O11S3/c1-11-8-14(38(29,30)31)9-15(21)19(11)25-20(26)18(12(2)24-25)23-22-16-10-13(4-5-17(16)35-3)37(27,28)7-6-36-39(32,33)34/h4-5,8-10,24H,6-7H2,1-3H3,(H,29,30,31)(H,32,33,34)/p-2. The van der Waals surface area contributed by atoms with Gasteiger partial charge in [0.2, 0.25) is 10.4 Å². The summed E-state index contributed by atoms with van der Waals surface area (Å²) >= 11 is 6.17. The largest absolute Gasteiger partial charge is 0.744 e. The molecule has 0 aliphatic carbocycles. The van der Waals surface area contributed by atoms with E-state index < -0.39 is 53.2 Å². The topological polar surface area (TPSA) is 230 Å². The van der Waals surface area contributed by atoms with E-state index in [1.165, 1.54) is 27.0 Å². The van der Waals surface area contributed by atoms with Crippen LogP contribution in [0.25, 0.3) is 5.69 Å². The van der Waals surface area contributed by atoms with Crippen LogP contribution in [0.4, 0.5) is 11.4 Å². The first-order valence-electron chi connectivity index (χ1n) is 10.5. The van der Waals surface area contributed by atoms with E-state index in [0.29, 0.717) is 0 Å². The SMILES string of the molecule is COc1ccc(S(=O)(=O)CCOS(=O)(=O)[O-])cc1N=Nc1c(C)[nH]n(-c2c(C)cc(S(=O)(=O)[O-])cc2Cl)c1=O. The van der Waals surface area contributed by atoms with Crippen LogP contribution in [0.15, 0.2) is 55.1 Å². The number of sulfone groups is 1. The highest BCUT2D eigenvalue weighted by Crippen LogP contribution is 2.33. The molecule has 0 amide bonds. The molecule has 0 atom stereocenters. The van der Waals surface area contributed by atoms with Crippen molar-refractivity contribution in [3.8, 4) is 11.4 Å². The maximum absolute atomic E-state index is 13.1. The second-order valence-electron chi connectivity index (χ2n) is 7.83. The fraction of sp³-hybridized carbons (Fsp3) is 0.250. The number of ether oxygens (including phenoxy) is 1. The highest BCUT2D eigenvalue weighted by molar-refractivity contribution is 7.91. The van der Waals surface area contributed by atoms with Gasteiger partial charge in [-0.15, -0.1) is 10.2 Å². The summed E-state index contributed by atoms with van der Waals surface area (Å²) in [6.07, 6.45) is 0. The number of benzene rings is 2. The predicted molar refractivity (Wildman–Crippen MR) is 134 cm³/mol. The van der Waals surface area contributed by atoms with Crippen molar-refractivity contribution in [2.24, 2.45) is 10.2 Å². The van der Waals surface area contributed by atoms with Crippen molar-refractivity contribution in [2.75, 3.05) is 19.5 Å². The van der Waals surface area contributed by atoms with Gasteiger partial charge in [0, 0.05) is 0 Å². The molecule has 1 aromatic heterocycles. The number of aryl methyl sites for hydroxylation is 2. The Kier molecular flexibility index (Phi) is 8.70. The van der Waals surface area contributed by atoms with E-state index in [9.17, 15) is 39.2 Å². The summed E-state index contributed by atoms with van der Waals surface area (Å²) in [5, 5.41) is 10.4. The molecule has 2 aromatic carbocycles. The molecule has 1 N–H and O–H groups in total. The van der Waals surface area contributed by atoms with Crippen LogP contribution < -0.4 is 10.3 Å². The van der Waals surface area contributed by atoms with E-state index in [1.54, 1.807) is 0 Å². The molecule has 0 bridgehead atoms. The predicted octanol–water partition coefficient (Wildman–Crippen LogP) is 2.01. The first-order valence-corrected chi connectivity index (χ1v) is 15.2. The summed E-state index contributed by atoms with van der Waals surface area (Å²) in [4.78, 5) is 12.2. The molecule has 0 unspecified atom stereocenters. The first kappa shape index (κ1) is 30.4. The molecule has 212 valence electrons. The van der Waals surface area contributed by atoms with Gasteiger partial charge in [-0.25, -0.2) is 29.9 Å². The molecule has 0 fully saturated rings. The number of hydrogen-bond acceptors (Lipinski definition) is 13. The number of aromatic nitrogens is 2. The number of methoxy groups -OCH3 is 1. The molecule has 39 heavy (non-hydrogen) atoms. The van der Waals surface area contributed by atoms with E-state index in [-0.39, 0.29) is 44.0 Å². The van der Waals surface area contributed by atoms with Crippen molar-refractivity contribution in [2.45, 2.75) is 23.6 Å². The molecule has 3 aromatic rings. The smallest absolute Gasteiger partial charge is 0.299 e. The number of H-pyrrole nitrogens is 1. The molecule has 19 heteroatoms. The third-order valence-electron chi connectivity index (χ3n) is 5.13. The number of hydrogen-bond donors (Lipinski definition) is 1. The number of nitrogens with one attached hydrogen (secondary N) is 1. The normalized spacial score (nSPS) is 12.8. The average Bonchev–Trinajstić information content (AvgIpc) is 3.08. The molecule has 0 aliphatic rings.